The van der Waals surface area contributed by atoms with Gasteiger partial charge >= 0.3 is 0 Å². The molecular weight excluding hydrogens is 280 g/mol. The van der Waals surface area contributed by atoms with Crippen LogP contribution >= 0.6 is 11.6 Å². The summed E-state index contributed by atoms with van der Waals surface area (Å²) in [5.74, 6) is 0.895. The van der Waals surface area contributed by atoms with Crippen molar-refractivity contribution in [3.8, 4) is 0 Å². The van der Waals surface area contributed by atoms with Crippen molar-refractivity contribution in [1.29, 1.82) is 0 Å². The number of halogens is 1. The summed E-state index contributed by atoms with van der Waals surface area (Å²) >= 11 is 6.53. The largest absolute Gasteiger partial charge is 0.370 e. The molecule has 3 heteroatoms. The Bertz CT molecular complexity index is 433. The normalized spacial score (nSPS) is 19.6. The van der Waals surface area contributed by atoms with E-state index in [1.165, 1.54) is 36.9 Å². The molecule has 1 N–H and O–H groups in total. The fourth-order valence-electron chi connectivity index (χ4n) is 3.14. The van der Waals surface area contributed by atoms with Crippen LogP contribution in [0.5, 0.6) is 0 Å². The molecule has 1 aliphatic heterocycles. The summed E-state index contributed by atoms with van der Waals surface area (Å²) in [6, 6.07) is 6.55. The van der Waals surface area contributed by atoms with Crippen LogP contribution in [-0.4, -0.2) is 19.6 Å². The Morgan fingerprint density at radius 1 is 1.24 bits per heavy atom. The molecule has 1 unspecified atom stereocenters. The molecule has 21 heavy (non-hydrogen) atoms. The zero-order chi connectivity index (χ0) is 15.1. The van der Waals surface area contributed by atoms with Crippen molar-refractivity contribution in [2.24, 2.45) is 5.92 Å². The fraction of sp³-hybridized carbons (Fsp3) is 0.667. The highest BCUT2D eigenvalue weighted by Crippen LogP contribution is 2.30. The van der Waals surface area contributed by atoms with Crippen molar-refractivity contribution in [2.45, 2.75) is 52.5 Å². The van der Waals surface area contributed by atoms with Gasteiger partial charge in [0.1, 0.15) is 0 Å². The van der Waals surface area contributed by atoms with Crippen molar-refractivity contribution in [3.63, 3.8) is 0 Å². The van der Waals surface area contributed by atoms with Crippen LogP contribution in [0.1, 0.15) is 51.5 Å². The van der Waals surface area contributed by atoms with Gasteiger partial charge in [-0.25, -0.2) is 0 Å². The van der Waals surface area contributed by atoms with Crippen LogP contribution in [0.15, 0.2) is 18.2 Å². The highest BCUT2D eigenvalue weighted by atomic mass is 35.5. The van der Waals surface area contributed by atoms with E-state index < -0.39 is 0 Å². The molecule has 0 aliphatic carbocycles. The van der Waals surface area contributed by atoms with E-state index in [1.54, 1.807) is 0 Å². The number of rotatable bonds is 6. The second kappa shape index (κ2) is 8.65. The third-order valence-electron chi connectivity index (χ3n) is 4.53. The van der Waals surface area contributed by atoms with Crippen LogP contribution in [0, 0.1) is 5.92 Å². The first-order valence-electron chi connectivity index (χ1n) is 8.48. The summed E-state index contributed by atoms with van der Waals surface area (Å²) in [5, 5.41) is 4.33. The molecule has 118 valence electrons. The van der Waals surface area contributed by atoms with Crippen LogP contribution in [-0.2, 0) is 6.54 Å². The number of nitrogens with one attached hydrogen (secondary N) is 1. The summed E-state index contributed by atoms with van der Waals surface area (Å²) in [5.41, 5.74) is 2.49. The lowest BCUT2D eigenvalue weighted by Gasteiger charge is -2.24. The summed E-state index contributed by atoms with van der Waals surface area (Å²) < 4.78 is 0. The Labute approximate surface area is 134 Å². The molecule has 2 rings (SSSR count). The van der Waals surface area contributed by atoms with Crippen LogP contribution in [0.2, 0.25) is 5.02 Å². The molecule has 1 atom stereocenters. The molecule has 1 fully saturated rings. The molecule has 0 bridgehead atoms. The van der Waals surface area contributed by atoms with Crippen molar-refractivity contribution >= 4 is 17.3 Å². The maximum absolute atomic E-state index is 6.53. The van der Waals surface area contributed by atoms with Crippen LogP contribution in [0.3, 0.4) is 0 Å². The number of hydrogen-bond acceptors (Lipinski definition) is 2. The molecule has 2 nitrogen and oxygen atoms in total. The van der Waals surface area contributed by atoms with Crippen LogP contribution in [0.4, 0.5) is 5.69 Å². The quantitative estimate of drug-likeness (QED) is 0.755. The average molecular weight is 309 g/mol. The number of anilines is 1. The Kier molecular flexibility index (Phi) is 6.85. The van der Waals surface area contributed by atoms with Crippen molar-refractivity contribution in [2.75, 3.05) is 24.5 Å². The lowest BCUT2D eigenvalue weighted by Crippen LogP contribution is -2.24. The summed E-state index contributed by atoms with van der Waals surface area (Å²) in [4.78, 5) is 2.47. The van der Waals surface area contributed by atoms with Gasteiger partial charge < -0.3 is 10.2 Å². The monoisotopic (exact) mass is 308 g/mol. The van der Waals surface area contributed by atoms with Gasteiger partial charge in [0.2, 0.25) is 0 Å². The topological polar surface area (TPSA) is 15.3 Å². The van der Waals surface area contributed by atoms with Crippen LogP contribution in [0.25, 0.3) is 0 Å². The molecule has 1 heterocycles. The summed E-state index contributed by atoms with van der Waals surface area (Å²) in [6.45, 7) is 8.75. The van der Waals surface area contributed by atoms with E-state index in [0.29, 0.717) is 0 Å². The van der Waals surface area contributed by atoms with Gasteiger partial charge in [-0.05, 0) is 55.8 Å². The van der Waals surface area contributed by atoms with Crippen molar-refractivity contribution in [3.05, 3.63) is 28.8 Å². The SMILES string of the molecule is CCCNCc1ccc(N2CCCC(CC)CC2)c(Cl)c1. The molecule has 0 spiro atoms. The first-order chi connectivity index (χ1) is 10.2. The summed E-state index contributed by atoms with van der Waals surface area (Å²) in [7, 11) is 0. The number of benzene rings is 1. The molecule has 1 aliphatic rings. The van der Waals surface area contributed by atoms with Gasteiger partial charge in [-0.2, -0.15) is 0 Å². The molecule has 1 aromatic rings. The molecular formula is C18H29ClN2. The molecule has 0 aromatic heterocycles. The van der Waals surface area contributed by atoms with Gasteiger partial charge in [-0.3, -0.25) is 0 Å². The van der Waals surface area contributed by atoms with E-state index in [4.69, 9.17) is 11.6 Å². The van der Waals surface area contributed by atoms with Gasteiger partial charge in [0, 0.05) is 19.6 Å². The van der Waals surface area contributed by atoms with E-state index in [1.807, 2.05) is 0 Å². The molecule has 1 saturated heterocycles. The smallest absolute Gasteiger partial charge is 0.0642 e. The zero-order valence-corrected chi connectivity index (χ0v) is 14.3. The van der Waals surface area contributed by atoms with Gasteiger partial charge in [-0.15, -0.1) is 0 Å². The third-order valence-corrected chi connectivity index (χ3v) is 4.84. The Morgan fingerprint density at radius 3 is 2.81 bits per heavy atom. The minimum atomic E-state index is 0.895. The molecule has 1 aromatic carbocycles. The van der Waals surface area contributed by atoms with Gasteiger partial charge in [0.05, 0.1) is 10.7 Å². The maximum Gasteiger partial charge on any atom is 0.0642 e. The second-order valence-electron chi connectivity index (χ2n) is 6.15. The van der Waals surface area contributed by atoms with E-state index in [-0.39, 0.29) is 0 Å². The predicted octanol–water partition coefficient (Wildman–Crippen LogP) is 4.86. The minimum absolute atomic E-state index is 0.895. The predicted molar refractivity (Wildman–Crippen MR) is 93.3 cm³/mol. The van der Waals surface area contributed by atoms with E-state index in [2.05, 4.69) is 42.3 Å². The fourth-order valence-corrected chi connectivity index (χ4v) is 3.46. The number of nitrogens with zero attached hydrogens (tertiary/aromatic N) is 1. The third kappa shape index (κ3) is 4.89. The highest BCUT2D eigenvalue weighted by Gasteiger charge is 2.17. The first kappa shape index (κ1) is 16.6. The standard InChI is InChI=1S/C18H29ClN2/c1-3-10-20-14-16-7-8-18(17(19)13-16)21-11-5-6-15(4-2)9-12-21/h7-8,13,15,20H,3-6,9-12,14H2,1-2H3. The van der Waals surface area contributed by atoms with E-state index >= 15 is 0 Å². The molecule has 0 radical (unpaired) electrons. The van der Waals surface area contributed by atoms with Crippen molar-refractivity contribution < 1.29 is 0 Å². The lowest BCUT2D eigenvalue weighted by atomic mass is 9.98. The number of hydrogen-bond donors (Lipinski definition) is 1. The van der Waals surface area contributed by atoms with Crippen molar-refractivity contribution in [1.82, 2.24) is 5.32 Å². The van der Waals surface area contributed by atoms with Gasteiger partial charge in [0.25, 0.3) is 0 Å². The highest BCUT2D eigenvalue weighted by molar-refractivity contribution is 6.33. The minimum Gasteiger partial charge on any atom is -0.370 e. The molecule has 0 amide bonds. The molecule has 0 saturated carbocycles. The van der Waals surface area contributed by atoms with E-state index in [0.717, 1.165) is 43.5 Å². The Morgan fingerprint density at radius 2 is 2.10 bits per heavy atom. The van der Waals surface area contributed by atoms with Gasteiger partial charge in [-0.1, -0.05) is 37.9 Å². The maximum atomic E-state index is 6.53. The summed E-state index contributed by atoms with van der Waals surface area (Å²) in [6.07, 6.45) is 6.42. The average Bonchev–Trinajstić information content (AvgIpc) is 2.73. The zero-order valence-electron chi connectivity index (χ0n) is 13.5. The Balaban J connectivity index is 1.99. The van der Waals surface area contributed by atoms with Gasteiger partial charge in [0.15, 0.2) is 0 Å². The lowest BCUT2D eigenvalue weighted by molar-refractivity contribution is 0.459. The van der Waals surface area contributed by atoms with Crippen LogP contribution < -0.4 is 10.2 Å². The van der Waals surface area contributed by atoms with E-state index in [9.17, 15) is 0 Å². The first-order valence-corrected chi connectivity index (χ1v) is 8.86. The Hall–Kier alpha value is -0.730. The second-order valence-corrected chi connectivity index (χ2v) is 6.56.